The predicted octanol–water partition coefficient (Wildman–Crippen LogP) is 4.19. The second kappa shape index (κ2) is 4.56. The first-order valence-electron chi connectivity index (χ1n) is 6.54. The molecule has 3 rings (SSSR count). The van der Waals surface area contributed by atoms with Crippen LogP contribution in [0.15, 0.2) is 24.4 Å². The highest BCUT2D eigenvalue weighted by Crippen LogP contribution is 2.28. The van der Waals surface area contributed by atoms with Gasteiger partial charge in [0.25, 0.3) is 0 Å². The van der Waals surface area contributed by atoms with E-state index in [4.69, 9.17) is 0 Å². The molecular weight excluding hydrogens is 268 g/mol. The fourth-order valence-electron chi connectivity index (χ4n) is 2.32. The van der Waals surface area contributed by atoms with Gasteiger partial charge in [0.15, 0.2) is 10.7 Å². The molecule has 0 radical (unpaired) electrons. The maximum Gasteiger partial charge on any atom is 0.195 e. The maximum absolute atomic E-state index is 11.5. The quantitative estimate of drug-likeness (QED) is 0.661. The number of rotatable bonds is 2. The van der Waals surface area contributed by atoms with E-state index in [-0.39, 0.29) is 5.78 Å². The van der Waals surface area contributed by atoms with Crippen molar-refractivity contribution in [2.75, 3.05) is 0 Å². The van der Waals surface area contributed by atoms with Crippen molar-refractivity contribution in [2.45, 2.75) is 27.7 Å². The monoisotopic (exact) mass is 284 g/mol. The fraction of sp³-hybridized carbons (Fsp3) is 0.250. The van der Waals surface area contributed by atoms with Gasteiger partial charge in [-0.2, -0.15) is 0 Å². The summed E-state index contributed by atoms with van der Waals surface area (Å²) >= 11 is 1.46. The highest BCUT2D eigenvalue weighted by Gasteiger charge is 2.15. The summed E-state index contributed by atoms with van der Waals surface area (Å²) in [5.74, 6) is 0.103. The lowest BCUT2D eigenvalue weighted by Crippen LogP contribution is -1.92. The average Bonchev–Trinajstić information content (AvgIpc) is 2.93. The zero-order chi connectivity index (χ0) is 14.4. The van der Waals surface area contributed by atoms with E-state index in [0.717, 1.165) is 26.8 Å². The van der Waals surface area contributed by atoms with Gasteiger partial charge in [-0.3, -0.25) is 9.20 Å². The van der Waals surface area contributed by atoms with Gasteiger partial charge in [-0.05, 0) is 38.0 Å². The standard InChI is InChI=1S/C16H16N2OS/c1-9-5-6-13(7-10(9)2)14-8-18-11(3)15(12(4)19)20-16(18)17-14/h5-8H,1-4H3. The molecule has 102 valence electrons. The Morgan fingerprint density at radius 3 is 2.55 bits per heavy atom. The molecule has 0 unspecified atom stereocenters. The Morgan fingerprint density at radius 2 is 1.95 bits per heavy atom. The van der Waals surface area contributed by atoms with E-state index in [1.165, 1.54) is 22.5 Å². The van der Waals surface area contributed by atoms with E-state index >= 15 is 0 Å². The zero-order valence-corrected chi connectivity index (χ0v) is 12.8. The first kappa shape index (κ1) is 13.1. The van der Waals surface area contributed by atoms with Crippen LogP contribution in [-0.2, 0) is 0 Å². The summed E-state index contributed by atoms with van der Waals surface area (Å²) in [7, 11) is 0. The third kappa shape index (κ3) is 1.96. The van der Waals surface area contributed by atoms with Gasteiger partial charge < -0.3 is 0 Å². The Morgan fingerprint density at radius 1 is 1.20 bits per heavy atom. The largest absolute Gasteiger partial charge is 0.294 e. The number of thiazole rings is 1. The Bertz CT molecular complexity index is 826. The lowest BCUT2D eigenvalue weighted by molar-refractivity contribution is 0.102. The molecule has 2 heterocycles. The number of nitrogens with zero attached hydrogens (tertiary/aromatic N) is 2. The van der Waals surface area contributed by atoms with Gasteiger partial charge in [0, 0.05) is 24.4 Å². The second-order valence-electron chi connectivity index (χ2n) is 5.15. The van der Waals surface area contributed by atoms with Crippen LogP contribution in [0.1, 0.15) is 33.4 Å². The van der Waals surface area contributed by atoms with Gasteiger partial charge in [0.05, 0.1) is 10.6 Å². The normalized spacial score (nSPS) is 11.2. The molecule has 0 N–H and O–H groups in total. The van der Waals surface area contributed by atoms with Crippen LogP contribution in [0.5, 0.6) is 0 Å². The van der Waals surface area contributed by atoms with E-state index < -0.39 is 0 Å². The van der Waals surface area contributed by atoms with Crippen LogP contribution >= 0.6 is 11.3 Å². The van der Waals surface area contributed by atoms with Crippen molar-refractivity contribution < 1.29 is 4.79 Å². The fourth-order valence-corrected chi connectivity index (χ4v) is 3.32. The van der Waals surface area contributed by atoms with Crippen molar-refractivity contribution in [1.82, 2.24) is 9.38 Å². The minimum Gasteiger partial charge on any atom is -0.294 e. The van der Waals surface area contributed by atoms with Gasteiger partial charge in [-0.1, -0.05) is 23.5 Å². The summed E-state index contributed by atoms with van der Waals surface area (Å²) in [4.78, 5) is 17.9. The third-order valence-corrected chi connectivity index (χ3v) is 4.94. The number of aromatic nitrogens is 2. The van der Waals surface area contributed by atoms with Gasteiger partial charge in [-0.25, -0.2) is 4.98 Å². The molecule has 0 spiro atoms. The summed E-state index contributed by atoms with van der Waals surface area (Å²) in [5.41, 5.74) is 5.59. The highest BCUT2D eigenvalue weighted by atomic mass is 32.1. The molecule has 0 aliphatic rings. The highest BCUT2D eigenvalue weighted by molar-refractivity contribution is 7.19. The van der Waals surface area contributed by atoms with Crippen molar-refractivity contribution in [2.24, 2.45) is 0 Å². The van der Waals surface area contributed by atoms with Crippen molar-refractivity contribution in [3.63, 3.8) is 0 Å². The van der Waals surface area contributed by atoms with Crippen LogP contribution in [0, 0.1) is 20.8 Å². The molecule has 4 heteroatoms. The second-order valence-corrected chi connectivity index (χ2v) is 6.13. The topological polar surface area (TPSA) is 34.4 Å². The van der Waals surface area contributed by atoms with Gasteiger partial charge >= 0.3 is 0 Å². The Kier molecular flexibility index (Phi) is 2.98. The molecular formula is C16H16N2OS. The first-order valence-corrected chi connectivity index (χ1v) is 7.36. The van der Waals surface area contributed by atoms with Crippen molar-refractivity contribution in [3.05, 3.63) is 46.1 Å². The van der Waals surface area contributed by atoms with Crippen LogP contribution in [0.3, 0.4) is 0 Å². The van der Waals surface area contributed by atoms with Gasteiger partial charge in [0.2, 0.25) is 0 Å². The minimum atomic E-state index is 0.103. The number of Topliss-reactive ketones (excluding diaryl/α,β-unsaturated/α-hetero) is 1. The molecule has 0 amide bonds. The van der Waals surface area contributed by atoms with E-state index in [1.807, 2.05) is 17.5 Å². The van der Waals surface area contributed by atoms with Crippen molar-refractivity contribution >= 4 is 22.1 Å². The maximum atomic E-state index is 11.5. The molecule has 0 aliphatic carbocycles. The number of benzene rings is 1. The summed E-state index contributed by atoms with van der Waals surface area (Å²) < 4.78 is 2.01. The van der Waals surface area contributed by atoms with Gasteiger partial charge in [-0.15, -0.1) is 0 Å². The number of carbonyl (C=O) groups is 1. The van der Waals surface area contributed by atoms with E-state index in [0.29, 0.717) is 0 Å². The SMILES string of the molecule is CC(=O)c1sc2nc(-c3ccc(C)c(C)c3)cn2c1C. The number of carbonyl (C=O) groups excluding carboxylic acids is 1. The van der Waals surface area contributed by atoms with E-state index in [2.05, 4.69) is 37.0 Å². The van der Waals surface area contributed by atoms with Crippen molar-refractivity contribution in [1.29, 1.82) is 0 Å². The molecule has 0 aliphatic heterocycles. The molecule has 2 aromatic heterocycles. The first-order chi connectivity index (χ1) is 9.47. The Hall–Kier alpha value is -1.94. The molecule has 1 aromatic carbocycles. The van der Waals surface area contributed by atoms with Crippen LogP contribution in [0.25, 0.3) is 16.2 Å². The molecule has 3 aromatic rings. The third-order valence-electron chi connectivity index (χ3n) is 3.68. The molecule has 20 heavy (non-hydrogen) atoms. The molecule has 0 saturated carbocycles. The summed E-state index contributed by atoms with van der Waals surface area (Å²) in [5, 5.41) is 0. The summed E-state index contributed by atoms with van der Waals surface area (Å²) in [6.07, 6.45) is 2.01. The van der Waals surface area contributed by atoms with Crippen LogP contribution < -0.4 is 0 Å². The predicted molar refractivity (Wildman–Crippen MR) is 82.7 cm³/mol. The smallest absolute Gasteiger partial charge is 0.195 e. The molecule has 0 saturated heterocycles. The van der Waals surface area contributed by atoms with Crippen LogP contribution in [0.2, 0.25) is 0 Å². The summed E-state index contributed by atoms with van der Waals surface area (Å²) in [6, 6.07) is 6.37. The zero-order valence-electron chi connectivity index (χ0n) is 12.0. The number of hydrogen-bond acceptors (Lipinski definition) is 3. The van der Waals surface area contributed by atoms with Crippen molar-refractivity contribution in [3.8, 4) is 11.3 Å². The average molecular weight is 284 g/mol. The van der Waals surface area contributed by atoms with Crippen LogP contribution in [-0.4, -0.2) is 15.2 Å². The van der Waals surface area contributed by atoms with E-state index in [1.54, 1.807) is 6.92 Å². The number of hydrogen-bond donors (Lipinski definition) is 0. The number of imidazole rings is 1. The molecule has 3 nitrogen and oxygen atoms in total. The van der Waals surface area contributed by atoms with E-state index in [9.17, 15) is 4.79 Å². The Labute approximate surface area is 121 Å². The molecule has 0 bridgehead atoms. The molecule has 0 fully saturated rings. The minimum absolute atomic E-state index is 0.103. The lowest BCUT2D eigenvalue weighted by Gasteiger charge is -2.02. The van der Waals surface area contributed by atoms with Gasteiger partial charge in [0.1, 0.15) is 0 Å². The lowest BCUT2D eigenvalue weighted by atomic mass is 10.1. The number of aryl methyl sites for hydroxylation is 3. The summed E-state index contributed by atoms with van der Waals surface area (Å²) in [6.45, 7) is 7.78. The number of ketones is 1. The van der Waals surface area contributed by atoms with Crippen LogP contribution in [0.4, 0.5) is 0 Å². The number of fused-ring (bicyclic) bond motifs is 1. The Balaban J connectivity index is 2.14. The molecule has 0 atom stereocenters.